The molecule has 3 N–H and O–H groups in total. The molecule has 0 spiro atoms. The summed E-state index contributed by atoms with van der Waals surface area (Å²) in [5, 5.41) is 25.6. The second-order valence-corrected chi connectivity index (χ2v) is 2.62. The maximum Gasteiger partial charge on any atom is 0.480 e. The summed E-state index contributed by atoms with van der Waals surface area (Å²) in [5.74, 6) is 1.32. The standard InChI is InChI=1S/C7H15BO3/c1-7(9)5-3-2-4-6-8(10)11/h4,6-7,9-11H,2-3,5H2,1H3/b6-4+. The molecular weight excluding hydrogens is 143 g/mol. The lowest BCUT2D eigenvalue weighted by Crippen LogP contribution is -2.05. The van der Waals surface area contributed by atoms with Gasteiger partial charge >= 0.3 is 7.12 Å². The van der Waals surface area contributed by atoms with E-state index in [1.165, 1.54) is 5.98 Å². The molecule has 64 valence electrons. The van der Waals surface area contributed by atoms with Crippen LogP contribution in [0.4, 0.5) is 0 Å². The molecule has 0 aromatic rings. The van der Waals surface area contributed by atoms with Crippen molar-refractivity contribution in [3.05, 3.63) is 12.1 Å². The van der Waals surface area contributed by atoms with Crippen LogP contribution < -0.4 is 0 Å². The van der Waals surface area contributed by atoms with E-state index in [0.717, 1.165) is 19.3 Å². The van der Waals surface area contributed by atoms with Crippen molar-refractivity contribution in [3.8, 4) is 0 Å². The van der Waals surface area contributed by atoms with Crippen LogP contribution in [-0.4, -0.2) is 28.4 Å². The molecule has 0 bridgehead atoms. The summed E-state index contributed by atoms with van der Waals surface area (Å²) in [6.45, 7) is 1.74. The number of hydrogen-bond donors (Lipinski definition) is 3. The lowest BCUT2D eigenvalue weighted by Gasteiger charge is -1.99. The fourth-order valence-electron chi connectivity index (χ4n) is 0.749. The molecule has 0 aromatic carbocycles. The Labute approximate surface area is 67.5 Å². The van der Waals surface area contributed by atoms with Gasteiger partial charge in [0.15, 0.2) is 0 Å². The van der Waals surface area contributed by atoms with Crippen molar-refractivity contribution in [2.75, 3.05) is 0 Å². The van der Waals surface area contributed by atoms with Crippen molar-refractivity contribution in [1.82, 2.24) is 0 Å². The SMILES string of the molecule is CC(O)CCC/C=C/B(O)O. The molecule has 4 heteroatoms. The smallest absolute Gasteiger partial charge is 0.424 e. The summed E-state index contributed by atoms with van der Waals surface area (Å²) in [6.07, 6.45) is 3.85. The van der Waals surface area contributed by atoms with Crippen molar-refractivity contribution >= 4 is 7.12 Å². The van der Waals surface area contributed by atoms with Crippen molar-refractivity contribution in [1.29, 1.82) is 0 Å². The zero-order chi connectivity index (χ0) is 8.69. The summed E-state index contributed by atoms with van der Waals surface area (Å²) in [4.78, 5) is 0. The van der Waals surface area contributed by atoms with Crippen LogP contribution in [0.5, 0.6) is 0 Å². The first-order valence-corrected chi connectivity index (χ1v) is 3.84. The summed E-state index contributed by atoms with van der Waals surface area (Å²) < 4.78 is 0. The van der Waals surface area contributed by atoms with Gasteiger partial charge in [0, 0.05) is 0 Å². The van der Waals surface area contributed by atoms with Crippen molar-refractivity contribution in [2.45, 2.75) is 32.3 Å². The molecule has 0 aliphatic heterocycles. The van der Waals surface area contributed by atoms with Crippen LogP contribution in [-0.2, 0) is 0 Å². The largest absolute Gasteiger partial charge is 0.480 e. The van der Waals surface area contributed by atoms with Gasteiger partial charge in [-0.2, -0.15) is 0 Å². The predicted molar refractivity (Wildman–Crippen MR) is 44.9 cm³/mol. The van der Waals surface area contributed by atoms with Crippen LogP contribution in [0, 0.1) is 0 Å². The van der Waals surface area contributed by atoms with E-state index < -0.39 is 7.12 Å². The molecule has 0 rings (SSSR count). The third-order valence-corrected chi connectivity index (χ3v) is 1.30. The quantitative estimate of drug-likeness (QED) is 0.393. The Morgan fingerprint density at radius 3 is 2.55 bits per heavy atom. The van der Waals surface area contributed by atoms with Crippen LogP contribution in [0.3, 0.4) is 0 Å². The fraction of sp³-hybridized carbons (Fsp3) is 0.714. The van der Waals surface area contributed by atoms with Crippen LogP contribution in [0.25, 0.3) is 0 Å². The van der Waals surface area contributed by atoms with Gasteiger partial charge in [0.25, 0.3) is 0 Å². The highest BCUT2D eigenvalue weighted by Gasteiger charge is 1.97. The van der Waals surface area contributed by atoms with E-state index in [1.54, 1.807) is 13.0 Å². The molecule has 0 fully saturated rings. The molecular formula is C7H15BO3. The number of unbranched alkanes of at least 4 members (excludes halogenated alkanes) is 1. The van der Waals surface area contributed by atoms with Crippen molar-refractivity contribution in [3.63, 3.8) is 0 Å². The number of rotatable bonds is 5. The number of allylic oxidation sites excluding steroid dienone is 1. The molecule has 1 atom stereocenters. The minimum atomic E-state index is -1.35. The number of hydrogen-bond acceptors (Lipinski definition) is 3. The van der Waals surface area contributed by atoms with E-state index in [1.807, 2.05) is 0 Å². The normalized spacial score (nSPS) is 13.8. The molecule has 1 unspecified atom stereocenters. The molecule has 3 nitrogen and oxygen atoms in total. The molecule has 11 heavy (non-hydrogen) atoms. The van der Waals surface area contributed by atoms with Gasteiger partial charge in [0.05, 0.1) is 6.10 Å². The molecule has 0 heterocycles. The van der Waals surface area contributed by atoms with Gasteiger partial charge in [-0.3, -0.25) is 0 Å². The first-order chi connectivity index (χ1) is 5.13. The third-order valence-electron chi connectivity index (χ3n) is 1.30. The van der Waals surface area contributed by atoms with Gasteiger partial charge in [-0.15, -0.1) is 0 Å². The Hall–Kier alpha value is -0.315. The van der Waals surface area contributed by atoms with E-state index in [0.29, 0.717) is 0 Å². The van der Waals surface area contributed by atoms with Gasteiger partial charge < -0.3 is 15.2 Å². The second kappa shape index (κ2) is 6.40. The number of aliphatic hydroxyl groups is 1. The molecule has 0 saturated carbocycles. The van der Waals surface area contributed by atoms with Gasteiger partial charge in [-0.05, 0) is 26.2 Å². The van der Waals surface area contributed by atoms with Gasteiger partial charge in [0.2, 0.25) is 0 Å². The first-order valence-electron chi connectivity index (χ1n) is 3.84. The third kappa shape index (κ3) is 9.68. The lowest BCUT2D eigenvalue weighted by molar-refractivity contribution is 0.182. The summed E-state index contributed by atoms with van der Waals surface area (Å²) in [7, 11) is -1.35. The average molecular weight is 158 g/mol. The molecule has 0 aliphatic carbocycles. The van der Waals surface area contributed by atoms with Crippen molar-refractivity contribution < 1.29 is 15.2 Å². The maximum absolute atomic E-state index is 8.84. The van der Waals surface area contributed by atoms with E-state index in [-0.39, 0.29) is 6.10 Å². The maximum atomic E-state index is 8.84. The lowest BCUT2D eigenvalue weighted by atomic mass is 9.91. The van der Waals surface area contributed by atoms with E-state index in [4.69, 9.17) is 15.2 Å². The summed E-state index contributed by atoms with van der Waals surface area (Å²) in [5.41, 5.74) is 0. The molecule has 0 saturated heterocycles. The topological polar surface area (TPSA) is 60.7 Å². The van der Waals surface area contributed by atoms with Crippen LogP contribution in [0.2, 0.25) is 0 Å². The highest BCUT2D eigenvalue weighted by molar-refractivity contribution is 6.47. The highest BCUT2D eigenvalue weighted by Crippen LogP contribution is 2.00. The Morgan fingerprint density at radius 1 is 1.45 bits per heavy atom. The van der Waals surface area contributed by atoms with Crippen LogP contribution >= 0.6 is 0 Å². The predicted octanol–water partition coefficient (Wildman–Crippen LogP) is 0.106. The van der Waals surface area contributed by atoms with E-state index >= 15 is 0 Å². The Balaban J connectivity index is 3.14. The van der Waals surface area contributed by atoms with Crippen LogP contribution in [0.15, 0.2) is 12.1 Å². The average Bonchev–Trinajstić information content (AvgIpc) is 1.85. The summed E-state index contributed by atoms with van der Waals surface area (Å²) in [6, 6.07) is 0. The summed E-state index contributed by atoms with van der Waals surface area (Å²) >= 11 is 0. The van der Waals surface area contributed by atoms with E-state index in [2.05, 4.69) is 0 Å². The fourth-order valence-corrected chi connectivity index (χ4v) is 0.749. The zero-order valence-electron chi connectivity index (χ0n) is 6.77. The number of aliphatic hydroxyl groups excluding tert-OH is 1. The molecule has 0 aromatic heterocycles. The zero-order valence-corrected chi connectivity index (χ0v) is 6.77. The van der Waals surface area contributed by atoms with Crippen molar-refractivity contribution in [2.24, 2.45) is 0 Å². The molecule has 0 radical (unpaired) electrons. The minimum Gasteiger partial charge on any atom is -0.424 e. The second-order valence-electron chi connectivity index (χ2n) is 2.62. The Bertz CT molecular complexity index is 112. The van der Waals surface area contributed by atoms with E-state index in [9.17, 15) is 0 Å². The van der Waals surface area contributed by atoms with Gasteiger partial charge in [-0.1, -0.05) is 12.1 Å². The Morgan fingerprint density at radius 2 is 2.09 bits per heavy atom. The molecule has 0 aliphatic rings. The Kier molecular flexibility index (Phi) is 6.22. The monoisotopic (exact) mass is 158 g/mol. The highest BCUT2D eigenvalue weighted by atomic mass is 16.4. The minimum absolute atomic E-state index is 0.262. The van der Waals surface area contributed by atoms with Gasteiger partial charge in [0.1, 0.15) is 0 Å². The molecule has 0 amide bonds. The first kappa shape index (κ1) is 10.7. The van der Waals surface area contributed by atoms with Crippen LogP contribution in [0.1, 0.15) is 26.2 Å². The van der Waals surface area contributed by atoms with Gasteiger partial charge in [-0.25, -0.2) is 0 Å².